The molecule has 3 heterocycles. The molecule has 0 radical (unpaired) electrons. The second-order valence-corrected chi connectivity index (χ2v) is 5.34. The van der Waals surface area contributed by atoms with Crippen LogP contribution in [0, 0.1) is 12.8 Å². The summed E-state index contributed by atoms with van der Waals surface area (Å²) in [6.07, 6.45) is 2.55. The molecule has 4 nitrogen and oxygen atoms in total. The molecule has 0 amide bonds. The summed E-state index contributed by atoms with van der Waals surface area (Å²) in [6.45, 7) is 5.29. The first-order chi connectivity index (χ1) is 8.25. The first-order valence-electron chi connectivity index (χ1n) is 6.23. The number of anilines is 1. The van der Waals surface area contributed by atoms with Gasteiger partial charge in [-0.2, -0.15) is 0 Å². The summed E-state index contributed by atoms with van der Waals surface area (Å²) in [7, 11) is 0. The molecule has 2 saturated heterocycles. The zero-order chi connectivity index (χ0) is 11.8. The molecule has 2 atom stereocenters. The van der Waals surface area contributed by atoms with E-state index in [0.29, 0.717) is 11.2 Å². The second-order valence-electron chi connectivity index (χ2n) is 4.98. The van der Waals surface area contributed by atoms with Crippen LogP contribution in [0.5, 0.6) is 0 Å². The third kappa shape index (κ3) is 2.42. The minimum atomic E-state index is 0. The van der Waals surface area contributed by atoms with Gasteiger partial charge >= 0.3 is 0 Å². The van der Waals surface area contributed by atoms with E-state index in [-0.39, 0.29) is 12.4 Å². The Kier molecular flexibility index (Phi) is 4.30. The number of piperidine rings is 1. The lowest BCUT2D eigenvalue weighted by Crippen LogP contribution is -2.46. The van der Waals surface area contributed by atoms with Crippen molar-refractivity contribution in [2.75, 3.05) is 24.5 Å². The fraction of sp³-hybridized carbons (Fsp3) is 0.667. The van der Waals surface area contributed by atoms with E-state index in [1.807, 2.05) is 13.0 Å². The molecule has 0 bridgehead atoms. The van der Waals surface area contributed by atoms with Crippen LogP contribution in [-0.2, 0) is 0 Å². The molecule has 2 unspecified atom stereocenters. The van der Waals surface area contributed by atoms with Crippen molar-refractivity contribution < 1.29 is 0 Å². The van der Waals surface area contributed by atoms with Crippen molar-refractivity contribution in [1.29, 1.82) is 0 Å². The number of nitrogens with zero attached hydrogens (tertiary/aromatic N) is 3. The summed E-state index contributed by atoms with van der Waals surface area (Å²) >= 11 is 5.92. The van der Waals surface area contributed by atoms with Gasteiger partial charge in [0.15, 0.2) is 11.0 Å². The Bertz CT molecular complexity index is 427. The van der Waals surface area contributed by atoms with Crippen molar-refractivity contribution in [3.63, 3.8) is 0 Å². The van der Waals surface area contributed by atoms with Crippen molar-refractivity contribution in [2.24, 2.45) is 5.92 Å². The maximum absolute atomic E-state index is 5.92. The summed E-state index contributed by atoms with van der Waals surface area (Å²) in [6, 6.07) is 2.63. The van der Waals surface area contributed by atoms with Gasteiger partial charge in [-0.25, -0.2) is 0 Å². The summed E-state index contributed by atoms with van der Waals surface area (Å²) in [4.78, 5) is 2.38. The maximum Gasteiger partial charge on any atom is 0.154 e. The van der Waals surface area contributed by atoms with Crippen LogP contribution in [-0.4, -0.2) is 35.9 Å². The Labute approximate surface area is 119 Å². The number of fused-ring (bicyclic) bond motifs is 1. The fourth-order valence-corrected chi connectivity index (χ4v) is 3.04. The molecule has 100 valence electrons. The van der Waals surface area contributed by atoms with E-state index in [9.17, 15) is 0 Å². The summed E-state index contributed by atoms with van der Waals surface area (Å²) in [5.41, 5.74) is 1.00. The van der Waals surface area contributed by atoms with Crippen LogP contribution in [0.1, 0.15) is 18.4 Å². The molecular formula is C12H18Cl2N4. The number of hydrogen-bond donors (Lipinski definition) is 1. The van der Waals surface area contributed by atoms with Gasteiger partial charge in [0.1, 0.15) is 0 Å². The molecule has 2 aliphatic heterocycles. The molecule has 2 fully saturated rings. The molecule has 1 aromatic rings. The van der Waals surface area contributed by atoms with Gasteiger partial charge in [-0.1, -0.05) is 11.6 Å². The summed E-state index contributed by atoms with van der Waals surface area (Å²) in [5, 5.41) is 12.2. The lowest BCUT2D eigenvalue weighted by atomic mass is 9.93. The second kappa shape index (κ2) is 5.59. The van der Waals surface area contributed by atoms with Gasteiger partial charge in [0, 0.05) is 19.1 Å². The van der Waals surface area contributed by atoms with E-state index in [1.165, 1.54) is 12.8 Å². The standard InChI is InChI=1S/C12H17ClN4.ClH/c1-8-6-11(15-16-12(8)13)17-5-3-9-2-4-14-7-10(9)17;/h6,9-10,14H,2-5,7H2,1H3;1H. The average Bonchev–Trinajstić information content (AvgIpc) is 2.76. The van der Waals surface area contributed by atoms with E-state index >= 15 is 0 Å². The minimum absolute atomic E-state index is 0. The highest BCUT2D eigenvalue weighted by Gasteiger charge is 2.36. The Balaban J connectivity index is 0.00000120. The Morgan fingerprint density at radius 2 is 2.22 bits per heavy atom. The Hall–Kier alpha value is -0.580. The van der Waals surface area contributed by atoms with E-state index in [0.717, 1.165) is 36.9 Å². The first kappa shape index (κ1) is 13.8. The van der Waals surface area contributed by atoms with Crippen LogP contribution in [0.25, 0.3) is 0 Å². The third-order valence-corrected chi connectivity index (χ3v) is 4.31. The number of nitrogens with one attached hydrogen (secondary N) is 1. The summed E-state index contributed by atoms with van der Waals surface area (Å²) < 4.78 is 0. The van der Waals surface area contributed by atoms with Crippen molar-refractivity contribution >= 4 is 29.8 Å². The van der Waals surface area contributed by atoms with Gasteiger partial charge in [-0.05, 0) is 43.9 Å². The maximum atomic E-state index is 5.92. The normalized spacial score (nSPS) is 26.7. The molecule has 18 heavy (non-hydrogen) atoms. The number of hydrogen-bond acceptors (Lipinski definition) is 4. The molecule has 1 N–H and O–H groups in total. The molecule has 0 aromatic carbocycles. The van der Waals surface area contributed by atoms with E-state index in [1.54, 1.807) is 0 Å². The lowest BCUT2D eigenvalue weighted by Gasteiger charge is -2.32. The van der Waals surface area contributed by atoms with Crippen LogP contribution in [0.15, 0.2) is 6.07 Å². The zero-order valence-electron chi connectivity index (χ0n) is 10.4. The predicted molar refractivity (Wildman–Crippen MR) is 75.8 cm³/mol. The number of aryl methyl sites for hydroxylation is 1. The molecule has 0 saturated carbocycles. The predicted octanol–water partition coefficient (Wildman–Crippen LogP) is 2.05. The van der Waals surface area contributed by atoms with Crippen molar-refractivity contribution in [2.45, 2.75) is 25.8 Å². The highest BCUT2D eigenvalue weighted by Crippen LogP contribution is 2.32. The Morgan fingerprint density at radius 1 is 1.39 bits per heavy atom. The fourth-order valence-electron chi connectivity index (χ4n) is 2.95. The SMILES string of the molecule is Cc1cc(N2CCC3CCNCC32)nnc1Cl.Cl. The molecule has 1 aromatic heterocycles. The van der Waals surface area contributed by atoms with E-state index in [2.05, 4.69) is 20.4 Å². The van der Waals surface area contributed by atoms with Crippen LogP contribution in [0.3, 0.4) is 0 Å². The molecule has 0 aliphatic carbocycles. The molecule has 2 aliphatic rings. The highest BCUT2D eigenvalue weighted by molar-refractivity contribution is 6.30. The molecular weight excluding hydrogens is 271 g/mol. The largest absolute Gasteiger partial charge is 0.351 e. The Morgan fingerprint density at radius 3 is 3.00 bits per heavy atom. The monoisotopic (exact) mass is 288 g/mol. The van der Waals surface area contributed by atoms with Gasteiger partial charge in [0.25, 0.3) is 0 Å². The van der Waals surface area contributed by atoms with Crippen molar-refractivity contribution in [3.8, 4) is 0 Å². The topological polar surface area (TPSA) is 41.0 Å². The highest BCUT2D eigenvalue weighted by atomic mass is 35.5. The molecule has 0 spiro atoms. The first-order valence-corrected chi connectivity index (χ1v) is 6.60. The average molecular weight is 289 g/mol. The minimum Gasteiger partial charge on any atom is -0.351 e. The van der Waals surface area contributed by atoms with Gasteiger partial charge in [-0.3, -0.25) is 0 Å². The smallest absolute Gasteiger partial charge is 0.154 e. The van der Waals surface area contributed by atoms with Crippen molar-refractivity contribution in [3.05, 3.63) is 16.8 Å². The number of rotatable bonds is 1. The molecule has 6 heteroatoms. The van der Waals surface area contributed by atoms with Gasteiger partial charge < -0.3 is 10.2 Å². The van der Waals surface area contributed by atoms with Crippen LogP contribution < -0.4 is 10.2 Å². The number of aromatic nitrogens is 2. The quantitative estimate of drug-likeness (QED) is 0.859. The van der Waals surface area contributed by atoms with Gasteiger partial charge in [0.2, 0.25) is 0 Å². The van der Waals surface area contributed by atoms with Crippen LogP contribution in [0.4, 0.5) is 5.82 Å². The summed E-state index contributed by atoms with van der Waals surface area (Å²) in [5.74, 6) is 1.79. The van der Waals surface area contributed by atoms with Gasteiger partial charge in [-0.15, -0.1) is 22.6 Å². The van der Waals surface area contributed by atoms with E-state index < -0.39 is 0 Å². The van der Waals surface area contributed by atoms with Crippen LogP contribution >= 0.6 is 24.0 Å². The van der Waals surface area contributed by atoms with Crippen molar-refractivity contribution in [1.82, 2.24) is 15.5 Å². The number of halogens is 2. The van der Waals surface area contributed by atoms with Crippen LogP contribution in [0.2, 0.25) is 5.15 Å². The van der Waals surface area contributed by atoms with Gasteiger partial charge in [0.05, 0.1) is 0 Å². The van der Waals surface area contributed by atoms with E-state index in [4.69, 9.17) is 11.6 Å². The third-order valence-electron chi connectivity index (χ3n) is 3.94. The lowest BCUT2D eigenvalue weighted by molar-refractivity contribution is 0.358. The molecule has 3 rings (SSSR count). The zero-order valence-corrected chi connectivity index (χ0v) is 12.0.